The number of carbonyl (C=O) groups excluding carboxylic acids is 2. The Morgan fingerprint density at radius 3 is 2.57 bits per heavy atom. The number of aliphatic imine (C=N–C) groups is 1. The van der Waals surface area contributed by atoms with Crippen molar-refractivity contribution in [3.63, 3.8) is 0 Å². The average molecular weight is 210 g/mol. The van der Waals surface area contributed by atoms with Crippen LogP contribution in [-0.2, 0) is 4.79 Å². The lowest BCUT2D eigenvalue weighted by Gasteiger charge is -2.03. The van der Waals surface area contributed by atoms with E-state index in [0.717, 1.165) is 0 Å². The molecule has 0 aromatic heterocycles. The Labute approximate surface area is 86.4 Å². The van der Waals surface area contributed by atoms with Gasteiger partial charge in [-0.15, -0.1) is 0 Å². The summed E-state index contributed by atoms with van der Waals surface area (Å²) in [5, 5.41) is 0.290. The summed E-state index contributed by atoms with van der Waals surface area (Å²) in [6.07, 6.45) is 1.42. The summed E-state index contributed by atoms with van der Waals surface area (Å²) in [7, 11) is 0. The Morgan fingerprint density at radius 2 is 2.14 bits per heavy atom. The molecule has 1 aromatic rings. The van der Waals surface area contributed by atoms with Crippen LogP contribution in [0.15, 0.2) is 17.1 Å². The molecule has 0 heterocycles. The lowest BCUT2D eigenvalue weighted by Crippen LogP contribution is -1.92. The van der Waals surface area contributed by atoms with Crippen LogP contribution in [0.25, 0.3) is 0 Å². The van der Waals surface area contributed by atoms with Gasteiger partial charge < -0.3 is 0 Å². The molecule has 14 heavy (non-hydrogen) atoms. The maximum Gasteiger partial charge on any atom is 0.240 e. The van der Waals surface area contributed by atoms with E-state index in [9.17, 15) is 9.59 Å². The van der Waals surface area contributed by atoms with Crippen LogP contribution in [0.4, 0.5) is 5.69 Å². The van der Waals surface area contributed by atoms with Crippen LogP contribution in [0.5, 0.6) is 0 Å². The largest absolute Gasteiger partial charge is 0.295 e. The Hall–Kier alpha value is -1.44. The third kappa shape index (κ3) is 2.08. The van der Waals surface area contributed by atoms with Gasteiger partial charge in [0, 0.05) is 5.56 Å². The number of isocyanates is 1. The molecule has 0 fully saturated rings. The molecule has 0 N–H and O–H groups in total. The van der Waals surface area contributed by atoms with Gasteiger partial charge in [0.05, 0.1) is 10.7 Å². The lowest BCUT2D eigenvalue weighted by molar-refractivity contribution is 0.101. The van der Waals surface area contributed by atoms with Gasteiger partial charge in [-0.2, -0.15) is 4.99 Å². The van der Waals surface area contributed by atoms with Gasteiger partial charge in [-0.3, -0.25) is 4.79 Å². The van der Waals surface area contributed by atoms with Gasteiger partial charge in [0.2, 0.25) is 6.08 Å². The summed E-state index contributed by atoms with van der Waals surface area (Å²) < 4.78 is 0. The van der Waals surface area contributed by atoms with Crippen LogP contribution in [0.1, 0.15) is 22.8 Å². The number of nitrogens with zero attached hydrogens (tertiary/aromatic N) is 1. The Balaban J connectivity index is 3.39. The highest BCUT2D eigenvalue weighted by Gasteiger charge is 2.08. The van der Waals surface area contributed by atoms with Crippen molar-refractivity contribution in [2.24, 2.45) is 4.99 Å². The van der Waals surface area contributed by atoms with Crippen molar-refractivity contribution in [3.05, 3.63) is 28.3 Å². The van der Waals surface area contributed by atoms with Crippen LogP contribution >= 0.6 is 11.6 Å². The van der Waals surface area contributed by atoms with Gasteiger partial charge in [0.15, 0.2) is 5.78 Å². The normalized spacial score (nSPS) is 9.36. The minimum Gasteiger partial charge on any atom is -0.295 e. The van der Waals surface area contributed by atoms with Crippen molar-refractivity contribution >= 4 is 29.2 Å². The van der Waals surface area contributed by atoms with Crippen LogP contribution in [0.2, 0.25) is 5.02 Å². The molecule has 0 spiro atoms. The third-order valence-electron chi connectivity index (χ3n) is 1.82. The predicted octanol–water partition coefficient (Wildman–Crippen LogP) is 2.82. The SMILES string of the molecule is CC(=O)c1cc(C)c(N=C=O)c(Cl)c1. The van der Waals surface area contributed by atoms with Crippen molar-refractivity contribution in [1.29, 1.82) is 0 Å². The molecule has 0 atom stereocenters. The Morgan fingerprint density at radius 1 is 1.50 bits per heavy atom. The van der Waals surface area contributed by atoms with Gasteiger partial charge in [-0.05, 0) is 31.5 Å². The van der Waals surface area contributed by atoms with E-state index in [1.165, 1.54) is 19.1 Å². The molecular weight excluding hydrogens is 202 g/mol. The zero-order valence-electron chi connectivity index (χ0n) is 7.80. The first kappa shape index (κ1) is 10.6. The van der Waals surface area contributed by atoms with Gasteiger partial charge in [0.25, 0.3) is 0 Å². The summed E-state index contributed by atoms with van der Waals surface area (Å²) in [5.41, 5.74) is 1.56. The number of hydrogen-bond donors (Lipinski definition) is 0. The van der Waals surface area contributed by atoms with E-state index in [4.69, 9.17) is 11.6 Å². The maximum absolute atomic E-state index is 11.1. The third-order valence-corrected chi connectivity index (χ3v) is 2.11. The maximum atomic E-state index is 11.1. The second-order valence-electron chi connectivity index (χ2n) is 2.88. The molecule has 1 aromatic carbocycles. The number of benzene rings is 1. The Bertz CT molecular complexity index is 411. The van der Waals surface area contributed by atoms with Crippen molar-refractivity contribution in [3.8, 4) is 0 Å². The van der Waals surface area contributed by atoms with Crippen LogP contribution in [0, 0.1) is 6.92 Å². The first-order chi connectivity index (χ1) is 6.56. The lowest BCUT2D eigenvalue weighted by atomic mass is 10.1. The fourth-order valence-corrected chi connectivity index (χ4v) is 1.44. The van der Waals surface area contributed by atoms with Gasteiger partial charge in [0.1, 0.15) is 0 Å². The minimum absolute atomic E-state index is 0.0726. The summed E-state index contributed by atoms with van der Waals surface area (Å²) in [5.74, 6) is -0.0726. The molecule has 0 aliphatic rings. The summed E-state index contributed by atoms with van der Waals surface area (Å²) in [6, 6.07) is 3.14. The molecular formula is C10H8ClNO2. The molecule has 3 nitrogen and oxygen atoms in total. The number of hydrogen-bond acceptors (Lipinski definition) is 3. The summed E-state index contributed by atoms with van der Waals surface area (Å²) >= 11 is 5.83. The number of Topliss-reactive ketones (excluding diaryl/α,β-unsaturated/α-hetero) is 1. The average Bonchev–Trinajstić information content (AvgIpc) is 2.10. The molecule has 0 saturated carbocycles. The van der Waals surface area contributed by atoms with Gasteiger partial charge >= 0.3 is 0 Å². The van der Waals surface area contributed by atoms with Gasteiger partial charge in [-0.25, -0.2) is 4.79 Å². The smallest absolute Gasteiger partial charge is 0.240 e. The van der Waals surface area contributed by atoms with Crippen LogP contribution < -0.4 is 0 Å². The minimum atomic E-state index is -0.0726. The van der Waals surface area contributed by atoms with E-state index in [1.54, 1.807) is 13.0 Å². The molecule has 0 amide bonds. The molecule has 0 saturated heterocycles. The van der Waals surface area contributed by atoms with E-state index < -0.39 is 0 Å². The molecule has 1 rings (SSSR count). The monoisotopic (exact) mass is 209 g/mol. The fraction of sp³-hybridized carbons (Fsp3) is 0.200. The van der Waals surface area contributed by atoms with E-state index in [1.807, 2.05) is 0 Å². The summed E-state index contributed by atoms with van der Waals surface area (Å²) in [6.45, 7) is 3.18. The highest BCUT2D eigenvalue weighted by molar-refractivity contribution is 6.33. The molecule has 0 aliphatic carbocycles. The van der Waals surface area contributed by atoms with Crippen molar-refractivity contribution in [1.82, 2.24) is 0 Å². The highest BCUT2D eigenvalue weighted by Crippen LogP contribution is 2.29. The zero-order valence-corrected chi connectivity index (χ0v) is 8.55. The fourth-order valence-electron chi connectivity index (χ4n) is 1.13. The number of aryl methyl sites for hydroxylation is 1. The second kappa shape index (κ2) is 4.18. The molecule has 4 heteroatoms. The van der Waals surface area contributed by atoms with Crippen molar-refractivity contribution in [2.45, 2.75) is 13.8 Å². The molecule has 0 aliphatic heterocycles. The predicted molar refractivity (Wildman–Crippen MR) is 54.0 cm³/mol. The quantitative estimate of drug-likeness (QED) is 0.427. The van der Waals surface area contributed by atoms with Crippen LogP contribution in [-0.4, -0.2) is 11.9 Å². The highest BCUT2D eigenvalue weighted by atomic mass is 35.5. The van der Waals surface area contributed by atoms with E-state index in [0.29, 0.717) is 21.8 Å². The van der Waals surface area contributed by atoms with E-state index >= 15 is 0 Å². The number of halogens is 1. The van der Waals surface area contributed by atoms with Gasteiger partial charge in [-0.1, -0.05) is 11.6 Å². The molecule has 0 unspecified atom stereocenters. The van der Waals surface area contributed by atoms with E-state index in [2.05, 4.69) is 4.99 Å². The molecule has 0 bridgehead atoms. The first-order valence-corrected chi connectivity index (χ1v) is 4.33. The van der Waals surface area contributed by atoms with E-state index in [-0.39, 0.29) is 5.78 Å². The molecule has 72 valence electrons. The number of carbonyl (C=O) groups is 1. The van der Waals surface area contributed by atoms with Crippen molar-refractivity contribution < 1.29 is 9.59 Å². The Kier molecular flexibility index (Phi) is 3.18. The number of ketones is 1. The standard InChI is InChI=1S/C10H8ClNO2/c1-6-3-8(7(2)14)4-9(11)10(6)12-5-13/h3-4H,1-2H3. The zero-order chi connectivity index (χ0) is 10.7. The number of rotatable bonds is 2. The van der Waals surface area contributed by atoms with Crippen molar-refractivity contribution in [2.75, 3.05) is 0 Å². The first-order valence-electron chi connectivity index (χ1n) is 3.95. The molecule has 0 radical (unpaired) electrons. The summed E-state index contributed by atoms with van der Waals surface area (Å²) in [4.78, 5) is 24.6. The van der Waals surface area contributed by atoms with Crippen LogP contribution in [0.3, 0.4) is 0 Å². The second-order valence-corrected chi connectivity index (χ2v) is 3.29. The topological polar surface area (TPSA) is 46.5 Å².